The van der Waals surface area contributed by atoms with Gasteiger partial charge in [-0.1, -0.05) is 11.2 Å². The molecule has 0 radical (unpaired) electrons. The van der Waals surface area contributed by atoms with E-state index in [4.69, 9.17) is 9.26 Å². The molecule has 5 nitrogen and oxygen atoms in total. The predicted molar refractivity (Wildman–Crippen MR) is 69.7 cm³/mol. The third-order valence-corrected chi connectivity index (χ3v) is 3.48. The number of methoxy groups -OCH3 is 1. The SMILES string of the molecule is COCCc1noc(C2=CCC3CCC2N3)n1.Cl. The Morgan fingerprint density at radius 1 is 1.50 bits per heavy atom. The van der Waals surface area contributed by atoms with Crippen LogP contribution in [0, 0.1) is 0 Å². The molecule has 2 atom stereocenters. The van der Waals surface area contributed by atoms with E-state index in [1.165, 1.54) is 18.4 Å². The molecule has 18 heavy (non-hydrogen) atoms. The van der Waals surface area contributed by atoms with E-state index in [2.05, 4.69) is 21.5 Å². The minimum atomic E-state index is 0. The highest BCUT2D eigenvalue weighted by Crippen LogP contribution is 2.31. The molecule has 1 N–H and O–H groups in total. The van der Waals surface area contributed by atoms with Crippen LogP contribution in [0.4, 0.5) is 0 Å². The van der Waals surface area contributed by atoms with Crippen LogP contribution in [0.2, 0.25) is 0 Å². The van der Waals surface area contributed by atoms with Gasteiger partial charge in [-0.2, -0.15) is 4.98 Å². The van der Waals surface area contributed by atoms with Crippen molar-refractivity contribution < 1.29 is 9.26 Å². The van der Waals surface area contributed by atoms with E-state index in [9.17, 15) is 0 Å². The van der Waals surface area contributed by atoms with Gasteiger partial charge in [0.2, 0.25) is 0 Å². The van der Waals surface area contributed by atoms with Crippen LogP contribution < -0.4 is 5.32 Å². The zero-order valence-electron chi connectivity index (χ0n) is 10.4. The van der Waals surface area contributed by atoms with Gasteiger partial charge >= 0.3 is 0 Å². The summed E-state index contributed by atoms with van der Waals surface area (Å²) in [4.78, 5) is 4.42. The van der Waals surface area contributed by atoms with Gasteiger partial charge < -0.3 is 14.6 Å². The first-order valence-electron chi connectivity index (χ1n) is 6.15. The first-order valence-corrected chi connectivity index (χ1v) is 6.15. The third-order valence-electron chi connectivity index (χ3n) is 3.48. The summed E-state index contributed by atoms with van der Waals surface area (Å²) in [6.07, 6.45) is 6.43. The molecule has 2 unspecified atom stereocenters. The maximum atomic E-state index is 5.33. The Kier molecular flexibility index (Phi) is 4.37. The monoisotopic (exact) mass is 271 g/mol. The number of hydrogen-bond donors (Lipinski definition) is 1. The highest BCUT2D eigenvalue weighted by molar-refractivity contribution is 5.85. The molecule has 100 valence electrons. The molecular formula is C12H18ClN3O2. The summed E-state index contributed by atoms with van der Waals surface area (Å²) in [6.45, 7) is 0.627. The van der Waals surface area contributed by atoms with Crippen molar-refractivity contribution in [3.8, 4) is 0 Å². The fraction of sp³-hybridized carbons (Fsp3) is 0.667. The molecule has 0 saturated carbocycles. The van der Waals surface area contributed by atoms with Gasteiger partial charge in [0.15, 0.2) is 5.82 Å². The number of ether oxygens (including phenoxy) is 1. The van der Waals surface area contributed by atoms with E-state index in [1.54, 1.807) is 7.11 Å². The molecule has 2 bridgehead atoms. The molecule has 1 aromatic heterocycles. The molecule has 1 fully saturated rings. The summed E-state index contributed by atoms with van der Waals surface area (Å²) in [5, 5.41) is 7.55. The van der Waals surface area contributed by atoms with Crippen LogP contribution in [0.5, 0.6) is 0 Å². The lowest BCUT2D eigenvalue weighted by molar-refractivity contribution is 0.199. The lowest BCUT2D eigenvalue weighted by Crippen LogP contribution is -2.33. The lowest BCUT2D eigenvalue weighted by Gasteiger charge is -2.19. The summed E-state index contributed by atoms with van der Waals surface area (Å²) in [5.41, 5.74) is 1.18. The second kappa shape index (κ2) is 5.82. The van der Waals surface area contributed by atoms with Gasteiger partial charge in [0.05, 0.1) is 6.61 Å². The summed E-state index contributed by atoms with van der Waals surface area (Å²) in [5.74, 6) is 1.40. The fourth-order valence-electron chi connectivity index (χ4n) is 2.56. The van der Waals surface area contributed by atoms with Gasteiger partial charge in [-0.15, -0.1) is 12.4 Å². The molecule has 0 aliphatic carbocycles. The van der Waals surface area contributed by atoms with E-state index in [1.807, 2.05) is 0 Å². The molecule has 2 aliphatic rings. The van der Waals surface area contributed by atoms with Crippen molar-refractivity contribution in [1.29, 1.82) is 0 Å². The Morgan fingerprint density at radius 3 is 3.22 bits per heavy atom. The molecular weight excluding hydrogens is 254 g/mol. The average Bonchev–Trinajstić information content (AvgIpc) is 2.96. The van der Waals surface area contributed by atoms with Crippen LogP contribution >= 0.6 is 12.4 Å². The predicted octanol–water partition coefficient (Wildman–Crippen LogP) is 1.59. The number of nitrogens with zero attached hydrogens (tertiary/aromatic N) is 2. The maximum absolute atomic E-state index is 5.33. The standard InChI is InChI=1S/C12H17N3O2.ClH/c1-16-7-6-11-14-12(17-15-11)9-4-2-8-3-5-10(9)13-8;/h4,8,10,13H,2-3,5-7H2,1H3;1H. The van der Waals surface area contributed by atoms with Gasteiger partial charge in [0, 0.05) is 31.2 Å². The van der Waals surface area contributed by atoms with E-state index in [0.717, 1.165) is 12.2 Å². The molecule has 1 saturated heterocycles. The van der Waals surface area contributed by atoms with E-state index < -0.39 is 0 Å². The molecule has 0 amide bonds. The Balaban J connectivity index is 0.00000120. The number of aromatic nitrogens is 2. The number of rotatable bonds is 4. The first kappa shape index (κ1) is 13.5. The van der Waals surface area contributed by atoms with Crippen molar-refractivity contribution in [2.75, 3.05) is 13.7 Å². The van der Waals surface area contributed by atoms with E-state index in [0.29, 0.717) is 31.0 Å². The van der Waals surface area contributed by atoms with Crippen LogP contribution in [-0.4, -0.2) is 35.9 Å². The quantitative estimate of drug-likeness (QED) is 0.901. The summed E-state index contributed by atoms with van der Waals surface area (Å²) in [6, 6.07) is 1.06. The van der Waals surface area contributed by atoms with Crippen LogP contribution in [0.1, 0.15) is 31.0 Å². The first-order chi connectivity index (χ1) is 8.36. The van der Waals surface area contributed by atoms with Crippen molar-refractivity contribution in [3.05, 3.63) is 17.8 Å². The Bertz CT molecular complexity index is 433. The number of fused-ring (bicyclic) bond motifs is 2. The van der Waals surface area contributed by atoms with Crippen molar-refractivity contribution in [1.82, 2.24) is 15.5 Å². The van der Waals surface area contributed by atoms with Gasteiger partial charge in [-0.25, -0.2) is 0 Å². The molecule has 3 heterocycles. The zero-order valence-corrected chi connectivity index (χ0v) is 11.2. The molecule has 1 aromatic rings. The number of halogens is 1. The van der Waals surface area contributed by atoms with Crippen molar-refractivity contribution >= 4 is 18.0 Å². The number of nitrogens with one attached hydrogen (secondary N) is 1. The average molecular weight is 272 g/mol. The normalized spacial score (nSPS) is 25.7. The Morgan fingerprint density at radius 2 is 2.39 bits per heavy atom. The molecule has 3 rings (SSSR count). The fourth-order valence-corrected chi connectivity index (χ4v) is 2.56. The Hall–Kier alpha value is -0.910. The van der Waals surface area contributed by atoms with Crippen molar-refractivity contribution in [2.45, 2.75) is 37.8 Å². The minimum absolute atomic E-state index is 0. The largest absolute Gasteiger partial charge is 0.384 e. The molecule has 2 aliphatic heterocycles. The van der Waals surface area contributed by atoms with E-state index >= 15 is 0 Å². The highest BCUT2D eigenvalue weighted by atomic mass is 35.5. The summed E-state index contributed by atoms with van der Waals surface area (Å²) >= 11 is 0. The van der Waals surface area contributed by atoms with E-state index in [-0.39, 0.29) is 12.4 Å². The smallest absolute Gasteiger partial charge is 0.255 e. The van der Waals surface area contributed by atoms with Gasteiger partial charge in [-0.05, 0) is 19.3 Å². The molecule has 0 aromatic carbocycles. The third kappa shape index (κ3) is 2.58. The van der Waals surface area contributed by atoms with Crippen molar-refractivity contribution in [2.24, 2.45) is 0 Å². The molecule has 0 spiro atoms. The number of hydrogen-bond acceptors (Lipinski definition) is 5. The lowest BCUT2D eigenvalue weighted by atomic mass is 10.0. The van der Waals surface area contributed by atoms with Gasteiger partial charge in [0.1, 0.15) is 0 Å². The maximum Gasteiger partial charge on any atom is 0.255 e. The van der Waals surface area contributed by atoms with Crippen LogP contribution in [0.25, 0.3) is 5.57 Å². The minimum Gasteiger partial charge on any atom is -0.384 e. The van der Waals surface area contributed by atoms with Crippen LogP contribution in [0.15, 0.2) is 10.6 Å². The topological polar surface area (TPSA) is 60.2 Å². The van der Waals surface area contributed by atoms with Crippen molar-refractivity contribution in [3.63, 3.8) is 0 Å². The summed E-state index contributed by atoms with van der Waals surface area (Å²) < 4.78 is 10.3. The Labute approximate surface area is 112 Å². The van der Waals surface area contributed by atoms with Gasteiger partial charge in [-0.3, -0.25) is 0 Å². The zero-order chi connectivity index (χ0) is 11.7. The molecule has 6 heteroatoms. The highest BCUT2D eigenvalue weighted by Gasteiger charge is 2.32. The summed E-state index contributed by atoms with van der Waals surface area (Å²) in [7, 11) is 1.67. The van der Waals surface area contributed by atoms with Gasteiger partial charge in [0.25, 0.3) is 5.89 Å². The second-order valence-corrected chi connectivity index (χ2v) is 4.65. The second-order valence-electron chi connectivity index (χ2n) is 4.65. The van der Waals surface area contributed by atoms with Crippen LogP contribution in [-0.2, 0) is 11.2 Å². The van der Waals surface area contributed by atoms with Crippen LogP contribution in [0.3, 0.4) is 0 Å².